The highest BCUT2D eigenvalue weighted by Crippen LogP contribution is 2.52. The number of aromatic nitrogens is 1. The third kappa shape index (κ3) is 2.80. The van der Waals surface area contributed by atoms with Crippen molar-refractivity contribution in [3.63, 3.8) is 0 Å². The molecule has 1 saturated carbocycles. The van der Waals surface area contributed by atoms with Gasteiger partial charge >= 0.3 is 0 Å². The Morgan fingerprint density at radius 3 is 2.50 bits per heavy atom. The van der Waals surface area contributed by atoms with Gasteiger partial charge in [0.05, 0.1) is 0 Å². The van der Waals surface area contributed by atoms with Crippen LogP contribution < -0.4 is 5.56 Å². The van der Waals surface area contributed by atoms with Gasteiger partial charge in [-0.3, -0.25) is 9.59 Å². The Kier molecular flexibility index (Phi) is 3.93. The first-order valence-electron chi connectivity index (χ1n) is 9.04. The van der Waals surface area contributed by atoms with Gasteiger partial charge < -0.3 is 9.47 Å². The van der Waals surface area contributed by atoms with Crippen LogP contribution in [0.1, 0.15) is 75.9 Å². The van der Waals surface area contributed by atoms with Crippen molar-refractivity contribution < 1.29 is 4.79 Å². The summed E-state index contributed by atoms with van der Waals surface area (Å²) in [5, 5.41) is 0. The van der Waals surface area contributed by atoms with Crippen LogP contribution in [0.25, 0.3) is 0 Å². The number of fused-ring (bicyclic) bond motifs is 2. The summed E-state index contributed by atoms with van der Waals surface area (Å²) in [7, 11) is 1.77. The Hall–Kier alpha value is -1.58. The molecule has 2 aliphatic rings. The smallest absolute Gasteiger partial charge is 0.263 e. The summed E-state index contributed by atoms with van der Waals surface area (Å²) < 4.78 is 1.63. The van der Waals surface area contributed by atoms with E-state index in [0.717, 1.165) is 31.5 Å². The van der Waals surface area contributed by atoms with Crippen molar-refractivity contribution >= 4 is 5.91 Å². The lowest BCUT2D eigenvalue weighted by molar-refractivity contribution is 0.0705. The molecule has 2 atom stereocenters. The van der Waals surface area contributed by atoms with Crippen molar-refractivity contribution in [3.05, 3.63) is 33.7 Å². The molecule has 24 heavy (non-hydrogen) atoms. The number of hydrogen-bond donors (Lipinski definition) is 0. The average Bonchev–Trinajstić information content (AvgIpc) is 2.69. The number of amides is 1. The molecule has 1 saturated heterocycles. The van der Waals surface area contributed by atoms with Crippen molar-refractivity contribution in [1.29, 1.82) is 0 Å². The molecule has 3 rings (SSSR count). The quantitative estimate of drug-likeness (QED) is 0.832. The molecule has 2 bridgehead atoms. The molecule has 4 nitrogen and oxygen atoms in total. The van der Waals surface area contributed by atoms with Gasteiger partial charge in [-0.1, -0.05) is 34.6 Å². The third-order valence-electron chi connectivity index (χ3n) is 5.84. The number of likely N-dealkylation sites (tertiary alicyclic amines) is 1. The maximum Gasteiger partial charge on any atom is 0.263 e. The van der Waals surface area contributed by atoms with Gasteiger partial charge in [-0.15, -0.1) is 0 Å². The molecule has 0 aromatic carbocycles. The largest absolute Gasteiger partial charge is 0.335 e. The first kappa shape index (κ1) is 17.2. The molecule has 2 fully saturated rings. The van der Waals surface area contributed by atoms with Crippen LogP contribution in [-0.2, 0) is 7.05 Å². The second-order valence-corrected chi connectivity index (χ2v) is 9.34. The maximum absolute atomic E-state index is 13.1. The monoisotopic (exact) mass is 330 g/mol. The Bertz CT molecular complexity index is 732. The Balaban J connectivity index is 1.94. The molecule has 1 aliphatic heterocycles. The minimum absolute atomic E-state index is 0.0858. The van der Waals surface area contributed by atoms with Crippen LogP contribution in [0.2, 0.25) is 0 Å². The van der Waals surface area contributed by atoms with E-state index in [9.17, 15) is 9.59 Å². The molecule has 1 aromatic heterocycles. The molecule has 132 valence electrons. The third-order valence-corrected chi connectivity index (χ3v) is 5.84. The van der Waals surface area contributed by atoms with E-state index in [1.807, 2.05) is 11.0 Å². The fourth-order valence-corrected chi connectivity index (χ4v) is 5.24. The van der Waals surface area contributed by atoms with Gasteiger partial charge in [0.25, 0.3) is 11.5 Å². The van der Waals surface area contributed by atoms with Gasteiger partial charge in [-0.05, 0) is 48.1 Å². The molecule has 0 unspecified atom stereocenters. The van der Waals surface area contributed by atoms with E-state index >= 15 is 0 Å². The predicted octanol–water partition coefficient (Wildman–Crippen LogP) is 3.55. The highest BCUT2D eigenvalue weighted by molar-refractivity contribution is 5.94. The second-order valence-electron chi connectivity index (χ2n) is 9.34. The molecular formula is C20H30N2O2. The van der Waals surface area contributed by atoms with Gasteiger partial charge in [-0.2, -0.15) is 0 Å². The predicted molar refractivity (Wildman–Crippen MR) is 96.3 cm³/mol. The lowest BCUT2D eigenvalue weighted by atomic mass is 9.65. The van der Waals surface area contributed by atoms with Crippen LogP contribution in [0, 0.1) is 10.8 Å². The average molecular weight is 330 g/mol. The number of carbonyl (C=O) groups excluding carboxylic acids is 1. The van der Waals surface area contributed by atoms with Gasteiger partial charge in [0.15, 0.2) is 0 Å². The van der Waals surface area contributed by atoms with Crippen LogP contribution in [-0.4, -0.2) is 28.0 Å². The van der Waals surface area contributed by atoms with Crippen LogP contribution in [0.15, 0.2) is 16.9 Å². The molecule has 2 heterocycles. The maximum atomic E-state index is 13.1. The van der Waals surface area contributed by atoms with Gasteiger partial charge in [0, 0.05) is 25.3 Å². The Morgan fingerprint density at radius 2 is 1.88 bits per heavy atom. The molecule has 0 N–H and O–H groups in total. The van der Waals surface area contributed by atoms with E-state index in [0.29, 0.717) is 5.56 Å². The first-order chi connectivity index (χ1) is 11.0. The fourth-order valence-electron chi connectivity index (χ4n) is 5.24. The Morgan fingerprint density at radius 1 is 1.21 bits per heavy atom. The SMILES string of the molecule is CC(C)c1ccc(C(=O)N2C[C@]3(C)C[C@H]2CC(C)(C)C3)c(=O)n1C. The zero-order valence-electron chi connectivity index (χ0n) is 15.8. The second kappa shape index (κ2) is 5.47. The highest BCUT2D eigenvalue weighted by Gasteiger charge is 2.51. The van der Waals surface area contributed by atoms with E-state index in [2.05, 4.69) is 34.6 Å². The van der Waals surface area contributed by atoms with Crippen LogP contribution >= 0.6 is 0 Å². The summed E-state index contributed by atoms with van der Waals surface area (Å²) in [5.74, 6) is 0.176. The molecule has 4 heteroatoms. The van der Waals surface area contributed by atoms with Crippen molar-refractivity contribution in [1.82, 2.24) is 9.47 Å². The van der Waals surface area contributed by atoms with Gasteiger partial charge in [-0.25, -0.2) is 0 Å². The normalized spacial score (nSPS) is 28.5. The van der Waals surface area contributed by atoms with Crippen molar-refractivity contribution in [2.45, 2.75) is 65.8 Å². The standard InChI is InChI=1S/C20H30N2O2/c1-13(2)16-8-7-15(17(23)21(16)6)18(24)22-12-20(5)10-14(22)9-19(3,4)11-20/h7-8,13-14H,9-12H2,1-6H3/t14-,20-/m1/s1. The Labute approximate surface area is 144 Å². The minimum atomic E-state index is -0.169. The molecular weight excluding hydrogens is 300 g/mol. The zero-order chi connectivity index (χ0) is 17.9. The lowest BCUT2D eigenvalue weighted by Gasteiger charge is -2.39. The van der Waals surface area contributed by atoms with Crippen LogP contribution in [0.4, 0.5) is 0 Å². The number of carbonyl (C=O) groups is 1. The van der Waals surface area contributed by atoms with Crippen molar-refractivity contribution in [3.8, 4) is 0 Å². The number of rotatable bonds is 2. The first-order valence-corrected chi connectivity index (χ1v) is 9.04. The van der Waals surface area contributed by atoms with Gasteiger partial charge in [0.1, 0.15) is 5.56 Å². The van der Waals surface area contributed by atoms with E-state index in [4.69, 9.17) is 0 Å². The summed E-state index contributed by atoms with van der Waals surface area (Å²) in [4.78, 5) is 27.8. The molecule has 1 aromatic rings. The molecule has 0 radical (unpaired) electrons. The van der Waals surface area contributed by atoms with E-state index in [1.54, 1.807) is 17.7 Å². The summed E-state index contributed by atoms with van der Waals surface area (Å²) in [6.07, 6.45) is 3.23. The molecule has 1 aliphatic carbocycles. The van der Waals surface area contributed by atoms with Crippen LogP contribution in [0.3, 0.4) is 0 Å². The molecule has 0 spiro atoms. The molecule has 1 amide bonds. The number of nitrogens with zero attached hydrogens (tertiary/aromatic N) is 2. The summed E-state index contributed by atoms with van der Waals surface area (Å²) in [6.45, 7) is 11.8. The van der Waals surface area contributed by atoms with E-state index in [-0.39, 0.29) is 34.3 Å². The van der Waals surface area contributed by atoms with Crippen LogP contribution in [0.5, 0.6) is 0 Å². The summed E-state index contributed by atoms with van der Waals surface area (Å²) in [6, 6.07) is 3.92. The zero-order valence-corrected chi connectivity index (χ0v) is 15.8. The van der Waals surface area contributed by atoms with E-state index < -0.39 is 0 Å². The highest BCUT2D eigenvalue weighted by atomic mass is 16.2. The van der Waals surface area contributed by atoms with Gasteiger partial charge in [0.2, 0.25) is 0 Å². The van der Waals surface area contributed by atoms with Crippen molar-refractivity contribution in [2.75, 3.05) is 6.54 Å². The fraction of sp³-hybridized carbons (Fsp3) is 0.700. The summed E-state index contributed by atoms with van der Waals surface area (Å²) >= 11 is 0. The lowest BCUT2D eigenvalue weighted by Crippen LogP contribution is -2.40. The summed E-state index contributed by atoms with van der Waals surface area (Å²) in [5.41, 5.74) is 1.56. The number of pyridine rings is 1. The van der Waals surface area contributed by atoms with E-state index in [1.165, 1.54) is 0 Å². The minimum Gasteiger partial charge on any atom is -0.335 e. The van der Waals surface area contributed by atoms with Crippen molar-refractivity contribution in [2.24, 2.45) is 17.9 Å². The number of hydrogen-bond acceptors (Lipinski definition) is 2. The topological polar surface area (TPSA) is 42.3 Å².